The second-order valence-electron chi connectivity index (χ2n) is 5.59. The molecule has 23 heavy (non-hydrogen) atoms. The molecule has 7 heteroatoms. The Morgan fingerprint density at radius 3 is 2.87 bits per heavy atom. The molecule has 0 bridgehead atoms. The van der Waals surface area contributed by atoms with E-state index < -0.39 is 0 Å². The van der Waals surface area contributed by atoms with Gasteiger partial charge in [0.25, 0.3) is 5.24 Å². The molecule has 2 amide bonds. The molecule has 4 rings (SSSR count). The smallest absolute Gasteiger partial charge is 0.282 e. The van der Waals surface area contributed by atoms with Crippen molar-refractivity contribution in [1.82, 2.24) is 9.80 Å². The van der Waals surface area contributed by atoms with E-state index in [0.29, 0.717) is 6.54 Å². The van der Waals surface area contributed by atoms with Crippen molar-refractivity contribution in [2.75, 3.05) is 25.4 Å². The van der Waals surface area contributed by atoms with E-state index in [-0.39, 0.29) is 23.7 Å². The van der Waals surface area contributed by atoms with Gasteiger partial charge in [-0.25, -0.2) is 0 Å². The van der Waals surface area contributed by atoms with E-state index >= 15 is 0 Å². The number of thioether (sulfide) groups is 1. The Morgan fingerprint density at radius 1 is 1.22 bits per heavy atom. The number of hydrogen-bond donors (Lipinski definition) is 0. The average molecular weight is 365 g/mol. The van der Waals surface area contributed by atoms with Crippen molar-refractivity contribution in [2.24, 2.45) is 0 Å². The molecule has 0 N–H and O–H groups in total. The molecular weight excluding hydrogens is 348 g/mol. The lowest BCUT2D eigenvalue weighted by atomic mass is 9.98. The molecule has 0 unspecified atom stereocenters. The van der Waals surface area contributed by atoms with Crippen molar-refractivity contribution in [1.29, 1.82) is 0 Å². The van der Waals surface area contributed by atoms with Crippen molar-refractivity contribution >= 4 is 45.6 Å². The van der Waals surface area contributed by atoms with Crippen LogP contribution in [0.25, 0.3) is 0 Å². The minimum Gasteiger partial charge on any atom is -0.329 e. The van der Waals surface area contributed by atoms with Crippen LogP contribution in [0.4, 0.5) is 4.79 Å². The lowest BCUT2D eigenvalue weighted by Gasteiger charge is -2.36. The highest BCUT2D eigenvalue weighted by molar-refractivity contribution is 8.13. The maximum Gasteiger partial charge on any atom is 0.282 e. The van der Waals surface area contributed by atoms with Gasteiger partial charge in [0.05, 0.1) is 6.04 Å². The summed E-state index contributed by atoms with van der Waals surface area (Å²) in [5.74, 6) is 0.839. The molecule has 120 valence electrons. The van der Waals surface area contributed by atoms with E-state index in [0.717, 1.165) is 18.7 Å². The van der Waals surface area contributed by atoms with E-state index in [1.807, 2.05) is 11.0 Å². The number of nitrogens with zero attached hydrogens (tertiary/aromatic N) is 2. The van der Waals surface area contributed by atoms with Gasteiger partial charge in [0.2, 0.25) is 5.91 Å². The van der Waals surface area contributed by atoms with Crippen LogP contribution in [0.1, 0.15) is 21.4 Å². The Bertz CT molecular complexity index is 726. The van der Waals surface area contributed by atoms with Gasteiger partial charge in [0.15, 0.2) is 0 Å². The maximum atomic E-state index is 12.9. The van der Waals surface area contributed by atoms with Gasteiger partial charge in [-0.15, -0.1) is 22.7 Å². The standard InChI is InChI=1S/C16H16N2O2S3/c19-14(10-17-6-9-23-16(17)20)18-5-3-12-11(4-8-22-12)15(18)13-2-1-7-21-13/h1-2,4,7-8,15H,3,5-6,9-10H2/t15-/m0/s1. The fourth-order valence-electron chi connectivity index (χ4n) is 3.16. The van der Waals surface area contributed by atoms with E-state index in [4.69, 9.17) is 0 Å². The molecule has 2 aliphatic rings. The number of hydrogen-bond acceptors (Lipinski definition) is 5. The third-order valence-corrected chi connectivity index (χ3v) is 7.08. The summed E-state index contributed by atoms with van der Waals surface area (Å²) in [6, 6.07) is 6.27. The molecule has 0 saturated carbocycles. The molecule has 0 aliphatic carbocycles. The lowest BCUT2D eigenvalue weighted by molar-refractivity contribution is -0.133. The number of amides is 2. The Labute approximate surface area is 147 Å². The highest BCUT2D eigenvalue weighted by Gasteiger charge is 2.35. The minimum absolute atomic E-state index is 0.00265. The van der Waals surface area contributed by atoms with Crippen LogP contribution in [0.3, 0.4) is 0 Å². The molecule has 4 nitrogen and oxygen atoms in total. The van der Waals surface area contributed by atoms with E-state index in [1.54, 1.807) is 27.6 Å². The zero-order valence-corrected chi connectivity index (χ0v) is 14.9. The van der Waals surface area contributed by atoms with Crippen molar-refractivity contribution in [3.8, 4) is 0 Å². The predicted molar refractivity (Wildman–Crippen MR) is 95.3 cm³/mol. The molecule has 1 atom stereocenters. The molecule has 0 spiro atoms. The third kappa shape index (κ3) is 2.81. The summed E-state index contributed by atoms with van der Waals surface area (Å²) in [7, 11) is 0. The molecule has 2 aromatic rings. The normalized spacial score (nSPS) is 20.9. The second-order valence-corrected chi connectivity index (χ2v) is 8.62. The van der Waals surface area contributed by atoms with Gasteiger partial charge in [-0.1, -0.05) is 17.8 Å². The Balaban J connectivity index is 1.61. The minimum atomic E-state index is 0.00265. The molecular formula is C16H16N2O2S3. The van der Waals surface area contributed by atoms with E-state index in [2.05, 4.69) is 22.9 Å². The number of carbonyl (C=O) groups excluding carboxylic acids is 2. The third-order valence-electron chi connectivity index (χ3n) is 4.27. The van der Waals surface area contributed by atoms with Crippen molar-refractivity contribution in [3.05, 3.63) is 44.3 Å². The van der Waals surface area contributed by atoms with Crippen LogP contribution in [-0.4, -0.2) is 46.3 Å². The molecule has 2 aromatic heterocycles. The highest BCUT2D eigenvalue weighted by Crippen LogP contribution is 2.39. The topological polar surface area (TPSA) is 40.6 Å². The fourth-order valence-corrected chi connectivity index (χ4v) is 5.75. The summed E-state index contributed by atoms with van der Waals surface area (Å²) in [4.78, 5) is 30.8. The Hall–Kier alpha value is -1.31. The predicted octanol–water partition coefficient (Wildman–Crippen LogP) is 3.45. The summed E-state index contributed by atoms with van der Waals surface area (Å²) in [6.07, 6.45) is 0.906. The summed E-state index contributed by atoms with van der Waals surface area (Å²) >= 11 is 4.76. The van der Waals surface area contributed by atoms with Crippen LogP contribution in [0.15, 0.2) is 29.0 Å². The van der Waals surface area contributed by atoms with Gasteiger partial charge in [-0.2, -0.15) is 0 Å². The number of rotatable bonds is 3. The van der Waals surface area contributed by atoms with Crippen molar-refractivity contribution in [3.63, 3.8) is 0 Å². The highest BCUT2D eigenvalue weighted by atomic mass is 32.2. The molecule has 1 fully saturated rings. The number of carbonyl (C=O) groups is 2. The van der Waals surface area contributed by atoms with Gasteiger partial charge in [-0.05, 0) is 34.9 Å². The van der Waals surface area contributed by atoms with Crippen LogP contribution in [0.5, 0.6) is 0 Å². The number of thiophene rings is 2. The van der Waals surface area contributed by atoms with Crippen LogP contribution in [0.2, 0.25) is 0 Å². The van der Waals surface area contributed by atoms with Crippen LogP contribution in [0, 0.1) is 0 Å². The first-order valence-corrected chi connectivity index (χ1v) is 10.3. The van der Waals surface area contributed by atoms with Gasteiger partial charge >= 0.3 is 0 Å². The SMILES string of the molecule is O=C1SCCN1CC(=O)N1CCc2sccc2[C@H]1c1cccs1. The first kappa shape index (κ1) is 15.2. The summed E-state index contributed by atoms with van der Waals surface area (Å²) in [5, 5.41) is 4.19. The van der Waals surface area contributed by atoms with E-state index in [9.17, 15) is 9.59 Å². The first-order chi connectivity index (χ1) is 11.2. The molecule has 2 aliphatic heterocycles. The van der Waals surface area contributed by atoms with Gasteiger partial charge in [0, 0.05) is 28.6 Å². The average Bonchev–Trinajstić information content (AvgIpc) is 3.28. The monoisotopic (exact) mass is 364 g/mol. The van der Waals surface area contributed by atoms with Crippen LogP contribution < -0.4 is 0 Å². The molecule has 0 aromatic carbocycles. The molecule has 4 heterocycles. The number of fused-ring (bicyclic) bond motifs is 1. The van der Waals surface area contributed by atoms with Crippen LogP contribution in [-0.2, 0) is 11.2 Å². The maximum absolute atomic E-state index is 12.9. The zero-order chi connectivity index (χ0) is 15.8. The largest absolute Gasteiger partial charge is 0.329 e. The van der Waals surface area contributed by atoms with Crippen molar-refractivity contribution in [2.45, 2.75) is 12.5 Å². The first-order valence-electron chi connectivity index (χ1n) is 7.55. The summed E-state index contributed by atoms with van der Waals surface area (Å²) < 4.78 is 0. The van der Waals surface area contributed by atoms with Crippen molar-refractivity contribution < 1.29 is 9.59 Å². The fraction of sp³-hybridized carbons (Fsp3) is 0.375. The van der Waals surface area contributed by atoms with Crippen LogP contribution >= 0.6 is 34.4 Å². The molecule has 0 radical (unpaired) electrons. The quantitative estimate of drug-likeness (QED) is 0.837. The molecule has 1 saturated heterocycles. The van der Waals surface area contributed by atoms with Gasteiger partial charge in [-0.3, -0.25) is 9.59 Å². The lowest BCUT2D eigenvalue weighted by Crippen LogP contribution is -2.45. The second kappa shape index (κ2) is 6.30. The Kier molecular flexibility index (Phi) is 4.17. The van der Waals surface area contributed by atoms with Gasteiger partial charge in [0.1, 0.15) is 6.54 Å². The summed E-state index contributed by atoms with van der Waals surface area (Å²) in [5.41, 5.74) is 1.25. The Morgan fingerprint density at radius 2 is 2.13 bits per heavy atom. The van der Waals surface area contributed by atoms with E-state index in [1.165, 1.54) is 27.1 Å². The van der Waals surface area contributed by atoms with Gasteiger partial charge < -0.3 is 9.80 Å². The summed E-state index contributed by atoms with van der Waals surface area (Å²) in [6.45, 7) is 1.60. The zero-order valence-electron chi connectivity index (χ0n) is 12.4.